The van der Waals surface area contributed by atoms with Crippen LogP contribution in [0.1, 0.15) is 54.7 Å². The zero-order valence-electron chi connectivity index (χ0n) is 19.7. The van der Waals surface area contributed by atoms with E-state index >= 15 is 0 Å². The molecule has 0 aliphatic carbocycles. The van der Waals surface area contributed by atoms with Crippen molar-refractivity contribution >= 4 is 38.6 Å². The van der Waals surface area contributed by atoms with E-state index < -0.39 is 33.5 Å². The van der Waals surface area contributed by atoms with Crippen LogP contribution in [0.3, 0.4) is 0 Å². The lowest BCUT2D eigenvalue weighted by molar-refractivity contribution is 0.0500. The van der Waals surface area contributed by atoms with Crippen molar-refractivity contribution in [3.63, 3.8) is 0 Å². The molecule has 4 rings (SSSR count). The molecule has 2 aromatic heterocycles. The van der Waals surface area contributed by atoms with Crippen LogP contribution in [0.4, 0.5) is 10.5 Å². The van der Waals surface area contributed by atoms with Gasteiger partial charge in [-0.05, 0) is 57.4 Å². The van der Waals surface area contributed by atoms with Crippen LogP contribution in [0.15, 0.2) is 35.5 Å². The molecular weight excluding hydrogens is 458 g/mol. The van der Waals surface area contributed by atoms with Crippen LogP contribution in [0.2, 0.25) is 0 Å². The van der Waals surface area contributed by atoms with Gasteiger partial charge in [-0.3, -0.25) is 9.48 Å². The summed E-state index contributed by atoms with van der Waals surface area (Å²) in [5.41, 5.74) is 1.71. The Morgan fingerprint density at radius 2 is 1.97 bits per heavy atom. The number of hydrogen-bond acceptors (Lipinski definition) is 7. The number of aromatic nitrogens is 3. The molecule has 0 fully saturated rings. The molecule has 0 spiro atoms. The molecule has 2 N–H and O–H groups in total. The molecule has 1 atom stereocenters. The SMILES string of the molecule is Cc1cc2c(cc1C(=O)Nc1ccnc3c1cnn3C)S(=O)(=O)CC[C@@H]2NC(=O)OC(C)(C)C. The van der Waals surface area contributed by atoms with Crippen molar-refractivity contribution in [1.29, 1.82) is 0 Å². The predicted molar refractivity (Wildman–Crippen MR) is 126 cm³/mol. The van der Waals surface area contributed by atoms with E-state index in [0.717, 1.165) is 0 Å². The van der Waals surface area contributed by atoms with Gasteiger partial charge in [-0.15, -0.1) is 0 Å². The van der Waals surface area contributed by atoms with Crippen LogP contribution in [-0.4, -0.2) is 46.5 Å². The number of alkyl carbamates (subject to hydrolysis) is 1. The molecule has 2 amide bonds. The van der Waals surface area contributed by atoms with Crippen LogP contribution < -0.4 is 10.6 Å². The monoisotopic (exact) mass is 485 g/mol. The third-order valence-corrected chi connectivity index (χ3v) is 7.36. The minimum absolute atomic E-state index is 0.0387. The first-order valence-electron chi connectivity index (χ1n) is 10.8. The third kappa shape index (κ3) is 4.60. The second-order valence-electron chi connectivity index (χ2n) is 9.33. The fourth-order valence-corrected chi connectivity index (χ4v) is 5.60. The predicted octanol–water partition coefficient (Wildman–Crippen LogP) is 3.27. The highest BCUT2D eigenvalue weighted by atomic mass is 32.2. The number of ether oxygens (including phenoxy) is 1. The van der Waals surface area contributed by atoms with Gasteiger partial charge in [0, 0.05) is 18.8 Å². The minimum atomic E-state index is -3.62. The Labute approximate surface area is 197 Å². The standard InChI is InChI=1S/C23H27N5O5S/c1-13-10-15-18(27-22(30)33-23(2,3)4)7-9-34(31,32)19(15)11-14(13)21(29)26-17-6-8-24-20-16(17)12-25-28(20)5/h6,8,10-12,18H,7,9H2,1-5H3,(H,27,30)(H,24,26,29)/t18-/m0/s1. The van der Waals surface area contributed by atoms with Gasteiger partial charge in [-0.1, -0.05) is 6.07 Å². The van der Waals surface area contributed by atoms with Crippen LogP contribution in [0, 0.1) is 6.92 Å². The van der Waals surface area contributed by atoms with Crippen molar-refractivity contribution in [3.8, 4) is 0 Å². The summed E-state index contributed by atoms with van der Waals surface area (Å²) in [5.74, 6) is -0.598. The summed E-state index contributed by atoms with van der Waals surface area (Å²) in [7, 11) is -1.87. The molecule has 0 bridgehead atoms. The Bertz CT molecular complexity index is 1410. The van der Waals surface area contributed by atoms with Crippen LogP contribution >= 0.6 is 0 Å². The number of nitrogens with zero attached hydrogens (tertiary/aromatic N) is 3. The molecule has 34 heavy (non-hydrogen) atoms. The summed E-state index contributed by atoms with van der Waals surface area (Å²) in [4.78, 5) is 29.8. The summed E-state index contributed by atoms with van der Waals surface area (Å²) in [6, 6.07) is 4.15. The molecule has 0 radical (unpaired) electrons. The van der Waals surface area contributed by atoms with Gasteiger partial charge in [-0.25, -0.2) is 18.2 Å². The number of hydrogen-bond donors (Lipinski definition) is 2. The number of benzene rings is 1. The molecule has 11 heteroatoms. The van der Waals surface area contributed by atoms with E-state index in [1.807, 2.05) is 0 Å². The fraction of sp³-hybridized carbons (Fsp3) is 0.391. The highest BCUT2D eigenvalue weighted by molar-refractivity contribution is 7.91. The molecule has 0 saturated carbocycles. The van der Waals surface area contributed by atoms with Crippen LogP contribution in [0.25, 0.3) is 11.0 Å². The lowest BCUT2D eigenvalue weighted by Gasteiger charge is -2.29. The highest BCUT2D eigenvalue weighted by Gasteiger charge is 2.33. The Morgan fingerprint density at radius 3 is 2.68 bits per heavy atom. The summed E-state index contributed by atoms with van der Waals surface area (Å²) < 4.78 is 32.6. The Hall–Kier alpha value is -3.47. The van der Waals surface area contributed by atoms with Crippen molar-refractivity contribution < 1.29 is 22.7 Å². The van der Waals surface area contributed by atoms with Gasteiger partial charge in [0.05, 0.1) is 34.0 Å². The fourth-order valence-electron chi connectivity index (χ4n) is 3.98. The number of carbonyl (C=O) groups excluding carboxylic acids is 2. The first kappa shape index (κ1) is 23.7. The number of pyridine rings is 1. The van der Waals surface area contributed by atoms with E-state index in [4.69, 9.17) is 4.74 Å². The largest absolute Gasteiger partial charge is 0.444 e. The molecule has 0 saturated heterocycles. The first-order valence-corrected chi connectivity index (χ1v) is 12.5. The second-order valence-corrected chi connectivity index (χ2v) is 11.4. The molecule has 3 aromatic rings. The first-order chi connectivity index (χ1) is 15.9. The Morgan fingerprint density at radius 1 is 1.24 bits per heavy atom. The van der Waals surface area contributed by atoms with Crippen LogP contribution in [-0.2, 0) is 21.6 Å². The summed E-state index contributed by atoms with van der Waals surface area (Å²) in [5, 5.41) is 10.4. The van der Waals surface area contributed by atoms with Gasteiger partial charge in [0.15, 0.2) is 15.5 Å². The summed E-state index contributed by atoms with van der Waals surface area (Å²) >= 11 is 0. The molecule has 3 heterocycles. The summed E-state index contributed by atoms with van der Waals surface area (Å²) in [6.45, 7) is 6.99. The molecule has 1 aliphatic heterocycles. The Balaban J connectivity index is 1.67. The molecule has 10 nitrogen and oxygen atoms in total. The number of sulfone groups is 1. The number of carbonyl (C=O) groups is 2. The molecular formula is C23H27N5O5S. The Kier molecular flexibility index (Phi) is 5.84. The van der Waals surface area contributed by atoms with Crippen LogP contribution in [0.5, 0.6) is 0 Å². The van der Waals surface area contributed by atoms with Crippen molar-refractivity contribution in [1.82, 2.24) is 20.1 Å². The molecule has 1 aromatic carbocycles. The number of aryl methyl sites for hydroxylation is 2. The zero-order chi connectivity index (χ0) is 24.8. The quantitative estimate of drug-likeness (QED) is 0.582. The smallest absolute Gasteiger partial charge is 0.408 e. The van der Waals surface area contributed by atoms with E-state index in [9.17, 15) is 18.0 Å². The highest BCUT2D eigenvalue weighted by Crippen LogP contribution is 2.35. The number of fused-ring (bicyclic) bond motifs is 2. The average molecular weight is 486 g/mol. The maximum atomic E-state index is 13.2. The number of rotatable bonds is 3. The number of nitrogens with one attached hydrogen (secondary N) is 2. The van der Waals surface area contributed by atoms with Crippen molar-refractivity contribution in [3.05, 3.63) is 47.3 Å². The van der Waals surface area contributed by atoms with Gasteiger partial charge in [0.2, 0.25) is 0 Å². The second kappa shape index (κ2) is 8.39. The minimum Gasteiger partial charge on any atom is -0.444 e. The number of anilines is 1. The van der Waals surface area contributed by atoms with Gasteiger partial charge in [0.1, 0.15) is 5.60 Å². The van der Waals surface area contributed by atoms with Gasteiger partial charge in [0.25, 0.3) is 5.91 Å². The zero-order valence-corrected chi connectivity index (χ0v) is 20.5. The van der Waals surface area contributed by atoms with Gasteiger partial charge in [-0.2, -0.15) is 5.10 Å². The van der Waals surface area contributed by atoms with E-state index in [-0.39, 0.29) is 22.6 Å². The van der Waals surface area contributed by atoms with E-state index in [1.54, 1.807) is 64.0 Å². The van der Waals surface area contributed by atoms with E-state index in [0.29, 0.717) is 27.8 Å². The van der Waals surface area contributed by atoms with Crippen molar-refractivity contribution in [2.24, 2.45) is 7.05 Å². The lowest BCUT2D eigenvalue weighted by Crippen LogP contribution is -2.38. The molecule has 180 valence electrons. The normalized spacial score (nSPS) is 17.1. The molecule has 0 unspecified atom stereocenters. The van der Waals surface area contributed by atoms with E-state index in [2.05, 4.69) is 20.7 Å². The summed E-state index contributed by atoms with van der Waals surface area (Å²) in [6.07, 6.45) is 2.77. The van der Waals surface area contributed by atoms with Crippen molar-refractivity contribution in [2.45, 2.75) is 50.7 Å². The lowest BCUT2D eigenvalue weighted by atomic mass is 9.97. The van der Waals surface area contributed by atoms with E-state index in [1.165, 1.54) is 6.07 Å². The maximum Gasteiger partial charge on any atom is 0.408 e. The number of amides is 2. The maximum absolute atomic E-state index is 13.2. The van der Waals surface area contributed by atoms with Gasteiger partial charge < -0.3 is 15.4 Å². The average Bonchev–Trinajstić information content (AvgIpc) is 3.10. The van der Waals surface area contributed by atoms with Crippen molar-refractivity contribution in [2.75, 3.05) is 11.1 Å². The molecule has 1 aliphatic rings. The van der Waals surface area contributed by atoms with Gasteiger partial charge >= 0.3 is 6.09 Å². The third-order valence-electron chi connectivity index (χ3n) is 5.56. The topological polar surface area (TPSA) is 132 Å².